The average Bonchev–Trinajstić information content (AvgIpc) is 3.01. The summed E-state index contributed by atoms with van der Waals surface area (Å²) >= 11 is 0. The van der Waals surface area contributed by atoms with E-state index in [0.717, 1.165) is 12.8 Å². The van der Waals surface area contributed by atoms with Crippen LogP contribution in [0.3, 0.4) is 0 Å². The second-order valence-electron chi connectivity index (χ2n) is 7.92. The van der Waals surface area contributed by atoms with Crippen LogP contribution in [0.1, 0.15) is 44.6 Å². The van der Waals surface area contributed by atoms with Crippen LogP contribution in [0, 0.1) is 11.8 Å². The van der Waals surface area contributed by atoms with Gasteiger partial charge in [0, 0.05) is 37.9 Å². The minimum Gasteiger partial charge on any atom is -0.375 e. The van der Waals surface area contributed by atoms with Crippen LogP contribution in [-0.2, 0) is 10.4 Å². The summed E-state index contributed by atoms with van der Waals surface area (Å²) in [5.41, 5.74) is 4.46. The Kier molecular flexibility index (Phi) is 5.35. The number of piperidine rings is 1. The molecule has 1 saturated heterocycles. The van der Waals surface area contributed by atoms with Gasteiger partial charge in [0.2, 0.25) is 5.92 Å². The van der Waals surface area contributed by atoms with Crippen molar-refractivity contribution in [1.29, 1.82) is 0 Å². The monoisotopic (exact) mass is 366 g/mol. The number of hydrogen-bond donors (Lipinski definition) is 2. The van der Waals surface area contributed by atoms with Crippen LogP contribution in [0.15, 0.2) is 30.3 Å². The summed E-state index contributed by atoms with van der Waals surface area (Å²) in [5.74, 6) is -3.71. The highest BCUT2D eigenvalue weighted by molar-refractivity contribution is 5.87. The first-order valence-corrected chi connectivity index (χ1v) is 9.45. The Morgan fingerprint density at radius 1 is 1.27 bits per heavy atom. The van der Waals surface area contributed by atoms with Gasteiger partial charge in [0.1, 0.15) is 0 Å². The molecule has 2 fully saturated rings. The first kappa shape index (κ1) is 19.2. The summed E-state index contributed by atoms with van der Waals surface area (Å²) in [6.07, 6.45) is 0.942. The minimum atomic E-state index is -2.82. The van der Waals surface area contributed by atoms with Crippen LogP contribution in [0.4, 0.5) is 8.78 Å². The molecule has 26 heavy (non-hydrogen) atoms. The van der Waals surface area contributed by atoms with E-state index in [9.17, 15) is 18.7 Å². The molecule has 1 aromatic carbocycles. The fourth-order valence-corrected chi connectivity index (χ4v) is 4.40. The Bertz CT molecular complexity index is 630. The van der Waals surface area contributed by atoms with E-state index in [1.54, 1.807) is 35.2 Å². The van der Waals surface area contributed by atoms with E-state index in [1.807, 2.05) is 6.92 Å². The van der Waals surface area contributed by atoms with E-state index in [-0.39, 0.29) is 18.9 Å². The number of likely N-dealkylation sites (tertiary alicyclic amines) is 1. The Hall–Kier alpha value is -1.53. The van der Waals surface area contributed by atoms with Crippen molar-refractivity contribution in [2.45, 2.75) is 56.6 Å². The summed E-state index contributed by atoms with van der Waals surface area (Å²) in [7, 11) is 0. The zero-order valence-corrected chi connectivity index (χ0v) is 15.2. The molecule has 0 aromatic heterocycles. The van der Waals surface area contributed by atoms with Gasteiger partial charge in [-0.15, -0.1) is 0 Å². The fraction of sp³-hybridized carbons (Fsp3) is 0.650. The van der Waals surface area contributed by atoms with Gasteiger partial charge in [-0.25, -0.2) is 8.78 Å². The molecule has 0 bridgehead atoms. The lowest BCUT2D eigenvalue weighted by atomic mass is 9.78. The number of alkyl halides is 2. The van der Waals surface area contributed by atoms with Crippen LogP contribution in [-0.4, -0.2) is 41.0 Å². The van der Waals surface area contributed by atoms with Crippen molar-refractivity contribution < 1.29 is 18.7 Å². The average molecular weight is 366 g/mol. The minimum absolute atomic E-state index is 0.0637. The third-order valence-corrected chi connectivity index (χ3v) is 6.10. The van der Waals surface area contributed by atoms with Crippen LogP contribution >= 0.6 is 0 Å². The predicted octanol–water partition coefficient (Wildman–Crippen LogP) is 2.90. The number of rotatable bonds is 4. The molecule has 1 aliphatic carbocycles. The van der Waals surface area contributed by atoms with Gasteiger partial charge in [-0.3, -0.25) is 4.79 Å². The van der Waals surface area contributed by atoms with Crippen LogP contribution in [0.5, 0.6) is 0 Å². The first-order chi connectivity index (χ1) is 12.2. The second-order valence-corrected chi connectivity index (χ2v) is 7.92. The van der Waals surface area contributed by atoms with Crippen molar-refractivity contribution >= 4 is 5.91 Å². The molecule has 3 rings (SSSR count). The molecule has 1 aromatic rings. The Morgan fingerprint density at radius 2 is 1.88 bits per heavy atom. The molecule has 1 aliphatic heterocycles. The highest BCUT2D eigenvalue weighted by atomic mass is 19.3. The van der Waals surface area contributed by atoms with E-state index in [0.29, 0.717) is 24.6 Å². The first-order valence-electron chi connectivity index (χ1n) is 9.45. The topological polar surface area (TPSA) is 66.6 Å². The molecule has 1 saturated carbocycles. The number of nitrogens with zero attached hydrogens (tertiary/aromatic N) is 1. The molecule has 3 N–H and O–H groups in total. The zero-order valence-electron chi connectivity index (χ0n) is 15.2. The van der Waals surface area contributed by atoms with E-state index in [4.69, 9.17) is 5.73 Å². The van der Waals surface area contributed by atoms with E-state index in [2.05, 4.69) is 0 Å². The molecule has 0 radical (unpaired) electrons. The zero-order chi connectivity index (χ0) is 18.9. The molecule has 6 heteroatoms. The predicted molar refractivity (Wildman–Crippen MR) is 95.6 cm³/mol. The summed E-state index contributed by atoms with van der Waals surface area (Å²) in [5, 5.41) is 11.5. The lowest BCUT2D eigenvalue weighted by Crippen LogP contribution is -2.54. The largest absolute Gasteiger partial charge is 0.375 e. The Morgan fingerprint density at radius 3 is 2.38 bits per heavy atom. The van der Waals surface area contributed by atoms with Gasteiger partial charge in [0.05, 0.1) is 0 Å². The van der Waals surface area contributed by atoms with Crippen molar-refractivity contribution in [3.63, 3.8) is 0 Å². The van der Waals surface area contributed by atoms with Crippen LogP contribution in [0.25, 0.3) is 0 Å². The quantitative estimate of drug-likeness (QED) is 0.861. The maximum absolute atomic E-state index is 13.8. The van der Waals surface area contributed by atoms with Crippen molar-refractivity contribution in [3.8, 4) is 0 Å². The maximum atomic E-state index is 13.8. The number of carbonyl (C=O) groups is 1. The van der Waals surface area contributed by atoms with Gasteiger partial charge in [0.15, 0.2) is 5.60 Å². The number of hydrogen-bond acceptors (Lipinski definition) is 3. The number of amides is 1. The molecule has 0 spiro atoms. The molecular weight excluding hydrogens is 338 g/mol. The normalized spacial score (nSPS) is 27.1. The highest BCUT2D eigenvalue weighted by Gasteiger charge is 2.54. The van der Waals surface area contributed by atoms with Crippen molar-refractivity contribution in [1.82, 2.24) is 4.90 Å². The lowest BCUT2D eigenvalue weighted by Gasteiger charge is -2.41. The molecular formula is C20H28F2N2O2. The standard InChI is InChI=1S/C20H28F2N2O2/c1-14(23)15-8-11-24(12-9-15)18(25)20(26,16-5-3-2-4-6-16)17-7-10-19(21,22)13-17/h2-6,14-15,17,26H,7-13,23H2,1H3. The summed E-state index contributed by atoms with van der Waals surface area (Å²) < 4.78 is 27.7. The number of nitrogens with two attached hydrogens (primary N) is 1. The molecule has 2 aliphatic rings. The van der Waals surface area contributed by atoms with E-state index >= 15 is 0 Å². The number of carbonyl (C=O) groups excluding carboxylic acids is 1. The summed E-state index contributed by atoms with van der Waals surface area (Å²) in [6.45, 7) is 2.97. The Labute approximate surface area is 153 Å². The van der Waals surface area contributed by atoms with E-state index in [1.165, 1.54) is 0 Å². The smallest absolute Gasteiger partial charge is 0.259 e. The third kappa shape index (κ3) is 3.62. The van der Waals surface area contributed by atoms with E-state index < -0.39 is 29.8 Å². The maximum Gasteiger partial charge on any atom is 0.259 e. The molecule has 144 valence electrons. The summed E-state index contributed by atoms with van der Waals surface area (Å²) in [6, 6.07) is 8.61. The highest BCUT2D eigenvalue weighted by Crippen LogP contribution is 2.48. The van der Waals surface area contributed by atoms with Crippen molar-refractivity contribution in [2.75, 3.05) is 13.1 Å². The third-order valence-electron chi connectivity index (χ3n) is 6.10. The van der Waals surface area contributed by atoms with Gasteiger partial charge in [-0.2, -0.15) is 0 Å². The SMILES string of the molecule is CC(N)C1CCN(C(=O)C(O)(c2ccccc2)C2CCC(F)(F)C2)CC1. The lowest BCUT2D eigenvalue weighted by molar-refractivity contribution is -0.162. The molecule has 1 amide bonds. The Balaban J connectivity index is 1.86. The van der Waals surface area contributed by atoms with Crippen molar-refractivity contribution in [3.05, 3.63) is 35.9 Å². The summed E-state index contributed by atoms with van der Waals surface area (Å²) in [4.78, 5) is 14.9. The van der Waals surface area contributed by atoms with Crippen LogP contribution in [0.2, 0.25) is 0 Å². The van der Waals surface area contributed by atoms with Gasteiger partial charge in [-0.05, 0) is 37.7 Å². The second kappa shape index (κ2) is 7.24. The van der Waals surface area contributed by atoms with Crippen LogP contribution < -0.4 is 5.73 Å². The van der Waals surface area contributed by atoms with Gasteiger partial charge >= 0.3 is 0 Å². The molecule has 4 nitrogen and oxygen atoms in total. The number of aliphatic hydroxyl groups is 1. The molecule has 1 heterocycles. The molecule has 3 atom stereocenters. The van der Waals surface area contributed by atoms with Gasteiger partial charge in [-0.1, -0.05) is 30.3 Å². The fourth-order valence-electron chi connectivity index (χ4n) is 4.40. The van der Waals surface area contributed by atoms with Crippen molar-refractivity contribution in [2.24, 2.45) is 17.6 Å². The van der Waals surface area contributed by atoms with Gasteiger partial charge < -0.3 is 15.7 Å². The molecule has 3 unspecified atom stereocenters. The van der Waals surface area contributed by atoms with Gasteiger partial charge in [0.25, 0.3) is 5.91 Å². The number of halogens is 2. The number of benzene rings is 1.